The van der Waals surface area contributed by atoms with Crippen molar-refractivity contribution in [2.75, 3.05) is 6.61 Å². The molecule has 0 spiro atoms. The molecule has 0 radical (unpaired) electrons. The minimum Gasteiger partial charge on any atom is -0.481 e. The van der Waals surface area contributed by atoms with Crippen molar-refractivity contribution in [3.63, 3.8) is 0 Å². The minimum atomic E-state index is -0.833. The Morgan fingerprint density at radius 3 is 2.07 bits per heavy atom. The lowest BCUT2D eigenvalue weighted by molar-refractivity contribution is -0.134. The predicted octanol–water partition coefficient (Wildman–Crippen LogP) is 2.84. The normalized spacial score (nSPS) is 11.0. The first-order chi connectivity index (χ1) is 6.90. The summed E-state index contributed by atoms with van der Waals surface area (Å²) in [5, 5.41) is 16.0. The molecule has 3 nitrogen and oxygen atoms in total. The van der Waals surface area contributed by atoms with Crippen molar-refractivity contribution in [3.05, 3.63) is 11.6 Å². The van der Waals surface area contributed by atoms with Crippen LogP contribution in [0, 0.1) is 5.92 Å². The standard InChI is InChI=1S/C10H20O.C2H4O2/c1-9(2)5-4-6-10(3)7-8-11;1-2(3)4/h5,10-11H,4,6-8H2,1-3H3;1H3,(H,3,4). The Labute approximate surface area is 92.8 Å². The fraction of sp³-hybridized carbons (Fsp3) is 0.750. The summed E-state index contributed by atoms with van der Waals surface area (Å²) in [6.45, 7) is 7.85. The third-order valence-electron chi connectivity index (χ3n) is 1.83. The number of rotatable bonds is 5. The van der Waals surface area contributed by atoms with E-state index in [1.54, 1.807) is 0 Å². The molecule has 0 rings (SSSR count). The number of carboxylic acids is 1. The maximum absolute atomic E-state index is 9.00. The van der Waals surface area contributed by atoms with Crippen molar-refractivity contribution in [2.24, 2.45) is 5.92 Å². The van der Waals surface area contributed by atoms with Crippen LogP contribution in [0.25, 0.3) is 0 Å². The summed E-state index contributed by atoms with van der Waals surface area (Å²) in [5.74, 6) is -0.171. The number of aliphatic hydroxyl groups is 1. The molecule has 1 unspecified atom stereocenters. The molecular formula is C12H24O3. The highest BCUT2D eigenvalue weighted by atomic mass is 16.4. The summed E-state index contributed by atoms with van der Waals surface area (Å²) >= 11 is 0. The van der Waals surface area contributed by atoms with Gasteiger partial charge in [-0.15, -0.1) is 0 Å². The van der Waals surface area contributed by atoms with Crippen molar-refractivity contribution in [2.45, 2.75) is 47.0 Å². The Kier molecular flexibility index (Phi) is 12.4. The molecule has 0 aromatic heterocycles. The number of carbonyl (C=O) groups is 1. The van der Waals surface area contributed by atoms with Gasteiger partial charge in [0.05, 0.1) is 0 Å². The van der Waals surface area contributed by atoms with Crippen molar-refractivity contribution in [3.8, 4) is 0 Å². The van der Waals surface area contributed by atoms with E-state index in [9.17, 15) is 0 Å². The number of hydrogen-bond acceptors (Lipinski definition) is 2. The van der Waals surface area contributed by atoms with Gasteiger partial charge in [0.15, 0.2) is 0 Å². The van der Waals surface area contributed by atoms with Gasteiger partial charge in [-0.25, -0.2) is 0 Å². The Hall–Kier alpha value is -0.830. The highest BCUT2D eigenvalue weighted by Crippen LogP contribution is 2.10. The highest BCUT2D eigenvalue weighted by molar-refractivity contribution is 5.62. The van der Waals surface area contributed by atoms with Crippen LogP contribution in [0.1, 0.15) is 47.0 Å². The second kappa shape index (κ2) is 11.2. The molecule has 0 aromatic rings. The molecule has 3 heteroatoms. The lowest BCUT2D eigenvalue weighted by Crippen LogP contribution is -1.96. The molecule has 0 amide bonds. The van der Waals surface area contributed by atoms with Crippen LogP contribution in [-0.4, -0.2) is 22.8 Å². The molecule has 0 fully saturated rings. The van der Waals surface area contributed by atoms with Gasteiger partial charge >= 0.3 is 0 Å². The summed E-state index contributed by atoms with van der Waals surface area (Å²) in [5.41, 5.74) is 1.39. The maximum atomic E-state index is 9.00. The van der Waals surface area contributed by atoms with Crippen LogP contribution in [0.3, 0.4) is 0 Å². The molecule has 1 atom stereocenters. The summed E-state index contributed by atoms with van der Waals surface area (Å²) in [6.07, 6.45) is 5.56. The average molecular weight is 216 g/mol. The van der Waals surface area contributed by atoms with E-state index in [1.807, 2.05) is 0 Å². The molecule has 0 saturated carbocycles. The van der Waals surface area contributed by atoms with E-state index in [1.165, 1.54) is 12.0 Å². The van der Waals surface area contributed by atoms with Crippen LogP contribution < -0.4 is 0 Å². The van der Waals surface area contributed by atoms with E-state index in [2.05, 4.69) is 26.8 Å². The van der Waals surface area contributed by atoms with E-state index in [4.69, 9.17) is 15.0 Å². The first-order valence-electron chi connectivity index (χ1n) is 5.33. The summed E-state index contributed by atoms with van der Waals surface area (Å²) in [6, 6.07) is 0. The van der Waals surface area contributed by atoms with Crippen LogP contribution in [0.15, 0.2) is 11.6 Å². The number of hydrogen-bond donors (Lipinski definition) is 2. The first kappa shape index (κ1) is 16.6. The van der Waals surface area contributed by atoms with Crippen molar-refractivity contribution < 1.29 is 15.0 Å². The quantitative estimate of drug-likeness (QED) is 0.695. The third-order valence-corrected chi connectivity index (χ3v) is 1.83. The Balaban J connectivity index is 0. The number of aliphatic hydroxyl groups excluding tert-OH is 1. The zero-order chi connectivity index (χ0) is 12.3. The number of carboxylic acid groups (broad SMARTS) is 1. The lowest BCUT2D eigenvalue weighted by Gasteiger charge is -2.06. The van der Waals surface area contributed by atoms with E-state index >= 15 is 0 Å². The maximum Gasteiger partial charge on any atom is 0.300 e. The molecule has 0 saturated heterocycles. The average Bonchev–Trinajstić information content (AvgIpc) is 2.02. The summed E-state index contributed by atoms with van der Waals surface area (Å²) < 4.78 is 0. The molecule has 0 heterocycles. The summed E-state index contributed by atoms with van der Waals surface area (Å²) in [4.78, 5) is 9.00. The molecule has 90 valence electrons. The smallest absolute Gasteiger partial charge is 0.300 e. The zero-order valence-electron chi connectivity index (χ0n) is 10.3. The zero-order valence-corrected chi connectivity index (χ0v) is 10.3. The molecule has 0 aromatic carbocycles. The first-order valence-corrected chi connectivity index (χ1v) is 5.33. The SMILES string of the molecule is CC(=O)O.CC(C)=CCCC(C)CCO. The molecule has 15 heavy (non-hydrogen) atoms. The van der Waals surface area contributed by atoms with Gasteiger partial charge in [-0.1, -0.05) is 18.6 Å². The fourth-order valence-corrected chi connectivity index (χ4v) is 1.02. The van der Waals surface area contributed by atoms with Crippen LogP contribution in [0.5, 0.6) is 0 Å². The predicted molar refractivity (Wildman–Crippen MR) is 62.8 cm³/mol. The van der Waals surface area contributed by atoms with Gasteiger partial charge in [0, 0.05) is 13.5 Å². The highest BCUT2D eigenvalue weighted by Gasteiger charge is 1.98. The molecule has 0 aliphatic rings. The van der Waals surface area contributed by atoms with Gasteiger partial charge in [-0.2, -0.15) is 0 Å². The van der Waals surface area contributed by atoms with Crippen LogP contribution in [-0.2, 0) is 4.79 Å². The number of allylic oxidation sites excluding steroid dienone is 2. The summed E-state index contributed by atoms with van der Waals surface area (Å²) in [7, 11) is 0. The monoisotopic (exact) mass is 216 g/mol. The van der Waals surface area contributed by atoms with E-state index in [0.29, 0.717) is 12.5 Å². The van der Waals surface area contributed by atoms with E-state index < -0.39 is 5.97 Å². The van der Waals surface area contributed by atoms with E-state index in [-0.39, 0.29) is 0 Å². The topological polar surface area (TPSA) is 57.5 Å². The minimum absolute atomic E-state index is 0.329. The van der Waals surface area contributed by atoms with Gasteiger partial charge in [0.1, 0.15) is 0 Å². The third kappa shape index (κ3) is 24.6. The molecule has 0 aliphatic heterocycles. The fourth-order valence-electron chi connectivity index (χ4n) is 1.02. The molecule has 2 N–H and O–H groups in total. The molecule has 0 aliphatic carbocycles. The van der Waals surface area contributed by atoms with Gasteiger partial charge in [0.25, 0.3) is 5.97 Å². The van der Waals surface area contributed by atoms with Crippen molar-refractivity contribution in [1.82, 2.24) is 0 Å². The van der Waals surface area contributed by atoms with Crippen LogP contribution in [0.2, 0.25) is 0 Å². The second-order valence-electron chi connectivity index (χ2n) is 4.00. The molecule has 0 bridgehead atoms. The molecular weight excluding hydrogens is 192 g/mol. The number of aliphatic carboxylic acids is 1. The van der Waals surface area contributed by atoms with Crippen molar-refractivity contribution >= 4 is 5.97 Å². The Morgan fingerprint density at radius 2 is 1.73 bits per heavy atom. The Bertz CT molecular complexity index is 177. The van der Waals surface area contributed by atoms with Gasteiger partial charge in [0.2, 0.25) is 0 Å². The lowest BCUT2D eigenvalue weighted by atomic mass is 10.0. The van der Waals surface area contributed by atoms with Crippen LogP contribution in [0.4, 0.5) is 0 Å². The Morgan fingerprint density at radius 1 is 1.27 bits per heavy atom. The van der Waals surface area contributed by atoms with E-state index in [0.717, 1.165) is 19.8 Å². The van der Waals surface area contributed by atoms with Crippen LogP contribution >= 0.6 is 0 Å². The largest absolute Gasteiger partial charge is 0.481 e. The van der Waals surface area contributed by atoms with Gasteiger partial charge in [-0.05, 0) is 39.0 Å². The van der Waals surface area contributed by atoms with Gasteiger partial charge in [-0.3, -0.25) is 4.79 Å². The second-order valence-corrected chi connectivity index (χ2v) is 4.00. The van der Waals surface area contributed by atoms with Crippen molar-refractivity contribution in [1.29, 1.82) is 0 Å². The van der Waals surface area contributed by atoms with Gasteiger partial charge < -0.3 is 10.2 Å².